The molecule has 1 aromatic heterocycles. The highest BCUT2D eigenvalue weighted by Crippen LogP contribution is 2.47. The summed E-state index contributed by atoms with van der Waals surface area (Å²) in [6.45, 7) is 12.4. The van der Waals surface area contributed by atoms with E-state index in [4.69, 9.17) is 5.26 Å². The van der Waals surface area contributed by atoms with Crippen molar-refractivity contribution in [3.63, 3.8) is 0 Å². The first-order chi connectivity index (χ1) is 33.6. The number of aromatic hydroxyl groups is 6. The zero-order valence-electron chi connectivity index (χ0n) is 42.5. The van der Waals surface area contributed by atoms with Gasteiger partial charge >= 0.3 is 0 Å². The second kappa shape index (κ2) is 28.4. The maximum absolute atomic E-state index is 11.0. The number of nitrogens with zero attached hydrogens (tertiary/aromatic N) is 5. The van der Waals surface area contributed by atoms with Crippen molar-refractivity contribution in [1.29, 1.82) is 10.5 Å². The van der Waals surface area contributed by atoms with Crippen molar-refractivity contribution >= 4 is 0 Å². The molecule has 0 spiro atoms. The average molecular weight is 959 g/mol. The van der Waals surface area contributed by atoms with Gasteiger partial charge in [-0.1, -0.05) is 94.7 Å². The summed E-state index contributed by atoms with van der Waals surface area (Å²) in [7, 11) is 0. The molecule has 0 radical (unpaired) electrons. The minimum atomic E-state index is -0.502. The first kappa shape index (κ1) is 56.3. The van der Waals surface area contributed by atoms with Crippen LogP contribution in [-0.2, 0) is 19.3 Å². The first-order valence-electron chi connectivity index (χ1n) is 25.6. The van der Waals surface area contributed by atoms with Crippen LogP contribution in [0.1, 0.15) is 208 Å². The number of phenolic OH excluding ortho intramolecular Hbond substituents is 6. The lowest BCUT2D eigenvalue weighted by Crippen LogP contribution is -2.22. The normalized spacial score (nSPS) is 18.3. The third-order valence-corrected chi connectivity index (χ3v) is 13.3. The molecule has 0 fully saturated rings. The van der Waals surface area contributed by atoms with Gasteiger partial charge in [-0.05, 0) is 157 Å². The zero-order chi connectivity index (χ0) is 51.2. The standard InChI is InChI=1S/C19H26N4O2.C19H25NO2.C12H15NO2.C7H12O/c1-3-4-5-8-14-11-15(24)16(13-9-6-7-12(2)10-13)18(25)17(14)19-20-22-23-21-19;1-3-4-5-8-14-11-17(21)18(19(22)16(14)12-20)15-9-6-7-13(2)10-15;1-2-3-4-5-9-6-10(14)7-12(15)11(9)8-13;1-7(8)5-3-2-4-6-7/h10-11,13,24-25H,3-9H2,1-2H3,(H,20,21,22,23);10-11,15,21-22H,3-9H2,1-2H3;6-7,14-15H,2-5H2,1H3;3,5,8H,2,4,6H2,1H3. The van der Waals surface area contributed by atoms with Gasteiger partial charge in [0.15, 0.2) is 0 Å². The highest BCUT2D eigenvalue weighted by atomic mass is 16.3. The molecule has 3 aromatic carbocycles. The van der Waals surface area contributed by atoms with Crippen molar-refractivity contribution in [2.45, 2.75) is 194 Å². The summed E-state index contributed by atoms with van der Waals surface area (Å²) in [6, 6.07) is 10.3. The van der Waals surface area contributed by atoms with E-state index < -0.39 is 5.60 Å². The number of hydrogen-bond acceptors (Lipinski definition) is 12. The minimum Gasteiger partial charge on any atom is -0.508 e. The van der Waals surface area contributed by atoms with Gasteiger partial charge in [0.25, 0.3) is 0 Å². The van der Waals surface area contributed by atoms with Crippen LogP contribution < -0.4 is 0 Å². The summed E-state index contributed by atoms with van der Waals surface area (Å²) in [5.74, 6) is 0.623. The van der Waals surface area contributed by atoms with Gasteiger partial charge in [0, 0.05) is 29.0 Å². The topological polar surface area (TPSA) is 244 Å². The van der Waals surface area contributed by atoms with Gasteiger partial charge in [0.2, 0.25) is 5.82 Å². The van der Waals surface area contributed by atoms with E-state index in [-0.39, 0.29) is 51.9 Å². The summed E-state index contributed by atoms with van der Waals surface area (Å²) in [5.41, 5.74) is 6.73. The lowest BCUT2D eigenvalue weighted by atomic mass is 9.83. The van der Waals surface area contributed by atoms with Gasteiger partial charge in [-0.15, -0.1) is 10.2 Å². The number of benzene rings is 3. The van der Waals surface area contributed by atoms with Gasteiger partial charge in [-0.25, -0.2) is 0 Å². The Morgan fingerprint density at radius 1 is 0.657 bits per heavy atom. The van der Waals surface area contributed by atoms with Crippen LogP contribution in [0.25, 0.3) is 11.4 Å². The highest BCUT2D eigenvalue weighted by Gasteiger charge is 2.28. The van der Waals surface area contributed by atoms with Gasteiger partial charge in [0.1, 0.15) is 46.6 Å². The quantitative estimate of drug-likeness (QED) is 0.0410. The number of allylic oxidation sites excluding steroid dienone is 5. The Morgan fingerprint density at radius 3 is 1.61 bits per heavy atom. The Bertz CT molecular complexity index is 2480. The number of aryl methyl sites for hydroxylation is 3. The SMILES string of the molecule is CC1(O)C=CCCC1.CCCCCc1cc(O)c(C2C=C(C)CCC2)c(O)c1-c1nn[nH]n1.CCCCCc1cc(O)c(C2C=C(C)CCC2)c(O)c1C#N.CCCCCc1cc(O)cc(O)c1C#N. The third kappa shape index (κ3) is 16.4. The molecule has 13 nitrogen and oxygen atoms in total. The summed E-state index contributed by atoms with van der Waals surface area (Å²) in [5, 5.41) is 103. The van der Waals surface area contributed by atoms with Crippen LogP contribution in [0.2, 0.25) is 0 Å². The van der Waals surface area contributed by atoms with E-state index in [9.17, 15) is 41.0 Å². The molecule has 0 bridgehead atoms. The van der Waals surface area contributed by atoms with Crippen molar-refractivity contribution in [3.05, 3.63) is 98.7 Å². The smallest absolute Gasteiger partial charge is 0.208 e. The molecule has 3 aliphatic carbocycles. The molecule has 0 saturated carbocycles. The predicted molar refractivity (Wildman–Crippen MR) is 276 cm³/mol. The van der Waals surface area contributed by atoms with Crippen LogP contribution in [0.15, 0.2) is 59.7 Å². The number of aromatic amines is 1. The average Bonchev–Trinajstić information content (AvgIpc) is 3.84. The van der Waals surface area contributed by atoms with E-state index in [1.807, 2.05) is 25.1 Å². The Hall–Kier alpha value is -6.31. The fraction of sp³-hybridized carbons (Fsp3) is 0.526. The Labute approximate surface area is 416 Å². The number of H-pyrrole nitrogens is 1. The molecule has 3 aliphatic rings. The number of aromatic nitrogens is 4. The number of nitrogens with one attached hydrogen (secondary N) is 1. The Morgan fingerprint density at radius 2 is 1.17 bits per heavy atom. The van der Waals surface area contributed by atoms with Crippen molar-refractivity contribution in [2.75, 3.05) is 0 Å². The van der Waals surface area contributed by atoms with Crippen molar-refractivity contribution in [3.8, 4) is 58.0 Å². The van der Waals surface area contributed by atoms with Gasteiger partial charge < -0.3 is 35.7 Å². The van der Waals surface area contributed by atoms with Crippen molar-refractivity contribution < 1.29 is 35.7 Å². The minimum absolute atomic E-state index is 0.00513. The van der Waals surface area contributed by atoms with E-state index in [0.29, 0.717) is 28.1 Å². The molecular weight excluding hydrogens is 881 g/mol. The molecule has 3 unspecified atom stereocenters. The second-order valence-corrected chi connectivity index (χ2v) is 19.4. The van der Waals surface area contributed by atoms with E-state index in [0.717, 1.165) is 152 Å². The molecule has 0 saturated heterocycles. The monoisotopic (exact) mass is 959 g/mol. The maximum atomic E-state index is 11.0. The molecule has 3 atom stereocenters. The van der Waals surface area contributed by atoms with E-state index in [2.05, 4.69) is 73.5 Å². The fourth-order valence-corrected chi connectivity index (χ4v) is 9.58. The van der Waals surface area contributed by atoms with Crippen LogP contribution in [0.5, 0.6) is 34.5 Å². The summed E-state index contributed by atoms with van der Waals surface area (Å²) >= 11 is 0. The molecule has 0 amide bonds. The molecule has 0 aliphatic heterocycles. The van der Waals surface area contributed by atoms with Crippen LogP contribution >= 0.6 is 0 Å². The Kier molecular flexibility index (Phi) is 22.8. The Balaban J connectivity index is 0.000000216. The number of tetrazole rings is 1. The van der Waals surface area contributed by atoms with E-state index in [1.54, 1.807) is 18.2 Å². The number of rotatable bonds is 15. The number of nitriles is 2. The fourth-order valence-electron chi connectivity index (χ4n) is 9.58. The molecule has 7 rings (SSSR count). The number of hydrogen-bond donors (Lipinski definition) is 8. The summed E-state index contributed by atoms with van der Waals surface area (Å²) in [4.78, 5) is 0. The maximum Gasteiger partial charge on any atom is 0.208 e. The van der Waals surface area contributed by atoms with Gasteiger partial charge in [-0.3, -0.25) is 0 Å². The lowest BCUT2D eigenvalue weighted by molar-refractivity contribution is 0.0948. The zero-order valence-corrected chi connectivity index (χ0v) is 42.5. The highest BCUT2D eigenvalue weighted by molar-refractivity contribution is 5.73. The number of unbranched alkanes of at least 4 members (excludes halogenated alkanes) is 6. The number of aliphatic hydroxyl groups is 1. The lowest BCUT2D eigenvalue weighted by Gasteiger charge is -2.23. The molecule has 378 valence electrons. The van der Waals surface area contributed by atoms with E-state index >= 15 is 0 Å². The van der Waals surface area contributed by atoms with Crippen LogP contribution in [-0.4, -0.2) is 62.0 Å². The van der Waals surface area contributed by atoms with Crippen molar-refractivity contribution in [1.82, 2.24) is 20.6 Å². The molecule has 70 heavy (non-hydrogen) atoms. The van der Waals surface area contributed by atoms with Crippen LogP contribution in [0.3, 0.4) is 0 Å². The van der Waals surface area contributed by atoms with Crippen LogP contribution in [0.4, 0.5) is 0 Å². The van der Waals surface area contributed by atoms with Gasteiger partial charge in [-0.2, -0.15) is 15.7 Å². The summed E-state index contributed by atoms with van der Waals surface area (Å²) < 4.78 is 0. The number of phenols is 6. The largest absolute Gasteiger partial charge is 0.508 e. The molecular formula is C57H78N6O7. The van der Waals surface area contributed by atoms with E-state index in [1.165, 1.54) is 17.2 Å². The van der Waals surface area contributed by atoms with Crippen molar-refractivity contribution in [2.24, 2.45) is 0 Å². The predicted octanol–water partition coefficient (Wildman–Crippen LogP) is 13.3. The molecule has 1 heterocycles. The van der Waals surface area contributed by atoms with Gasteiger partial charge in [0.05, 0.1) is 22.3 Å². The molecule has 13 heteroatoms. The first-order valence-corrected chi connectivity index (χ1v) is 25.6. The molecule has 4 aromatic rings. The second-order valence-electron chi connectivity index (χ2n) is 19.4. The van der Waals surface area contributed by atoms with Crippen LogP contribution in [0, 0.1) is 22.7 Å². The summed E-state index contributed by atoms with van der Waals surface area (Å²) in [6.07, 6.45) is 29.1. The third-order valence-electron chi connectivity index (χ3n) is 13.3. The molecule has 8 N–H and O–H groups in total.